The number of halogens is 2. The van der Waals surface area contributed by atoms with Gasteiger partial charge >= 0.3 is 0 Å². The molecular weight excluding hydrogens is 306 g/mol. The molecule has 0 unspecified atom stereocenters. The molecule has 0 bridgehead atoms. The minimum atomic E-state index is -2.49. The van der Waals surface area contributed by atoms with Crippen LogP contribution in [0.15, 0.2) is 30.7 Å². The molecule has 8 heteroatoms. The van der Waals surface area contributed by atoms with Crippen molar-refractivity contribution >= 4 is 5.91 Å². The standard InChI is InChI=1S/C15H16F2N4O2/c1-20-6-10(5-19-20)14-12(3-2-4-18-14)15(22)21-7-11(8-21)23-9-13(16)17/h2-6,11,13H,7-9H2,1H3. The molecule has 6 nitrogen and oxygen atoms in total. The van der Waals surface area contributed by atoms with Crippen LogP contribution in [0, 0.1) is 0 Å². The third-order valence-electron chi connectivity index (χ3n) is 3.61. The number of pyridine rings is 1. The number of hydrogen-bond donors (Lipinski definition) is 0. The minimum Gasteiger partial charge on any atom is -0.369 e. The Bertz CT molecular complexity index is 698. The van der Waals surface area contributed by atoms with Crippen molar-refractivity contribution in [1.82, 2.24) is 19.7 Å². The number of amides is 1. The van der Waals surface area contributed by atoms with Crippen molar-refractivity contribution in [2.75, 3.05) is 19.7 Å². The van der Waals surface area contributed by atoms with E-state index in [9.17, 15) is 13.6 Å². The molecule has 3 rings (SSSR count). The molecule has 122 valence electrons. The van der Waals surface area contributed by atoms with Crippen LogP contribution >= 0.6 is 0 Å². The van der Waals surface area contributed by atoms with E-state index in [0.717, 1.165) is 5.56 Å². The SMILES string of the molecule is Cn1cc(-c2ncccc2C(=O)N2CC(OCC(F)F)C2)cn1. The van der Waals surface area contributed by atoms with Gasteiger partial charge < -0.3 is 9.64 Å². The predicted molar refractivity (Wildman–Crippen MR) is 78.1 cm³/mol. The summed E-state index contributed by atoms with van der Waals surface area (Å²) in [6, 6.07) is 3.39. The lowest BCUT2D eigenvalue weighted by atomic mass is 10.0. The van der Waals surface area contributed by atoms with Gasteiger partial charge in [-0.05, 0) is 12.1 Å². The summed E-state index contributed by atoms with van der Waals surface area (Å²) < 4.78 is 30.8. The van der Waals surface area contributed by atoms with Gasteiger partial charge in [-0.25, -0.2) is 8.78 Å². The number of carbonyl (C=O) groups excluding carboxylic acids is 1. The summed E-state index contributed by atoms with van der Waals surface area (Å²) in [6.45, 7) is 0.0282. The summed E-state index contributed by atoms with van der Waals surface area (Å²) in [5.41, 5.74) is 1.78. The highest BCUT2D eigenvalue weighted by Crippen LogP contribution is 2.24. The second kappa shape index (κ2) is 6.41. The van der Waals surface area contributed by atoms with Crippen molar-refractivity contribution in [1.29, 1.82) is 0 Å². The zero-order valence-electron chi connectivity index (χ0n) is 12.5. The molecule has 3 heterocycles. The molecular formula is C15H16F2N4O2. The monoisotopic (exact) mass is 322 g/mol. The quantitative estimate of drug-likeness (QED) is 0.839. The van der Waals surface area contributed by atoms with E-state index in [-0.39, 0.29) is 12.0 Å². The number of aryl methyl sites for hydroxylation is 1. The summed E-state index contributed by atoms with van der Waals surface area (Å²) >= 11 is 0. The molecule has 0 aromatic carbocycles. The zero-order valence-corrected chi connectivity index (χ0v) is 12.5. The lowest BCUT2D eigenvalue weighted by Crippen LogP contribution is -2.55. The first-order valence-electron chi connectivity index (χ1n) is 7.17. The number of rotatable bonds is 5. The zero-order chi connectivity index (χ0) is 16.4. The Balaban J connectivity index is 1.70. The van der Waals surface area contributed by atoms with Crippen LogP contribution < -0.4 is 0 Å². The van der Waals surface area contributed by atoms with Gasteiger partial charge in [0.2, 0.25) is 0 Å². The van der Waals surface area contributed by atoms with Gasteiger partial charge in [0.25, 0.3) is 12.3 Å². The van der Waals surface area contributed by atoms with Gasteiger partial charge in [-0.2, -0.15) is 5.10 Å². The van der Waals surface area contributed by atoms with Crippen LogP contribution in [0.25, 0.3) is 11.3 Å². The number of aromatic nitrogens is 3. The van der Waals surface area contributed by atoms with E-state index in [1.165, 1.54) is 0 Å². The Morgan fingerprint density at radius 2 is 2.26 bits per heavy atom. The predicted octanol–water partition coefficient (Wildman–Crippen LogP) is 1.59. The summed E-state index contributed by atoms with van der Waals surface area (Å²) in [5.74, 6) is -0.186. The topological polar surface area (TPSA) is 60.2 Å². The second-order valence-corrected chi connectivity index (χ2v) is 5.36. The number of ether oxygens (including phenoxy) is 1. The van der Waals surface area contributed by atoms with Crippen molar-refractivity contribution in [2.45, 2.75) is 12.5 Å². The van der Waals surface area contributed by atoms with Crippen LogP contribution in [0.2, 0.25) is 0 Å². The molecule has 1 saturated heterocycles. The van der Waals surface area contributed by atoms with Crippen molar-refractivity contribution in [3.05, 3.63) is 36.3 Å². The van der Waals surface area contributed by atoms with Crippen molar-refractivity contribution in [2.24, 2.45) is 7.05 Å². The maximum Gasteiger partial charge on any atom is 0.261 e. The molecule has 0 aliphatic carbocycles. The van der Waals surface area contributed by atoms with Crippen LogP contribution in [-0.4, -0.2) is 57.8 Å². The summed E-state index contributed by atoms with van der Waals surface area (Å²) in [4.78, 5) is 18.4. The maximum absolute atomic E-state index is 12.6. The molecule has 1 aliphatic heterocycles. The lowest BCUT2D eigenvalue weighted by molar-refractivity contribution is -0.0775. The lowest BCUT2D eigenvalue weighted by Gasteiger charge is -2.39. The fourth-order valence-electron chi connectivity index (χ4n) is 2.44. The second-order valence-electron chi connectivity index (χ2n) is 5.36. The van der Waals surface area contributed by atoms with E-state index < -0.39 is 13.0 Å². The van der Waals surface area contributed by atoms with E-state index in [0.29, 0.717) is 24.3 Å². The minimum absolute atomic E-state index is 0.186. The van der Waals surface area contributed by atoms with Gasteiger partial charge in [0.15, 0.2) is 0 Å². The van der Waals surface area contributed by atoms with Crippen molar-refractivity contribution in [3.63, 3.8) is 0 Å². The first-order valence-corrected chi connectivity index (χ1v) is 7.17. The highest BCUT2D eigenvalue weighted by Gasteiger charge is 2.33. The first-order chi connectivity index (χ1) is 11.0. The molecule has 0 saturated carbocycles. The van der Waals surface area contributed by atoms with Crippen LogP contribution in [-0.2, 0) is 11.8 Å². The Morgan fingerprint density at radius 1 is 1.48 bits per heavy atom. The summed E-state index contributed by atoms with van der Waals surface area (Å²) in [5, 5.41) is 4.09. The first kappa shape index (κ1) is 15.5. The van der Waals surface area contributed by atoms with Crippen LogP contribution in [0.5, 0.6) is 0 Å². The van der Waals surface area contributed by atoms with Crippen molar-refractivity contribution in [3.8, 4) is 11.3 Å². The number of hydrogen-bond acceptors (Lipinski definition) is 4. The molecule has 0 radical (unpaired) electrons. The van der Waals surface area contributed by atoms with Gasteiger partial charge in [0.05, 0.1) is 23.6 Å². The average Bonchev–Trinajstić information content (AvgIpc) is 2.91. The molecule has 0 N–H and O–H groups in total. The molecule has 0 atom stereocenters. The van der Waals surface area contributed by atoms with Crippen LogP contribution in [0.4, 0.5) is 8.78 Å². The number of carbonyl (C=O) groups is 1. The van der Waals surface area contributed by atoms with E-state index in [2.05, 4.69) is 10.1 Å². The molecule has 1 aliphatic rings. The normalized spacial score (nSPS) is 15.0. The molecule has 2 aromatic rings. The van der Waals surface area contributed by atoms with Gasteiger partial charge in [0.1, 0.15) is 6.61 Å². The fraction of sp³-hybridized carbons (Fsp3) is 0.400. The number of alkyl halides is 2. The van der Waals surface area contributed by atoms with E-state index in [1.807, 2.05) is 0 Å². The third kappa shape index (κ3) is 3.37. The Kier molecular flexibility index (Phi) is 4.33. The molecule has 0 spiro atoms. The average molecular weight is 322 g/mol. The highest BCUT2D eigenvalue weighted by molar-refractivity contribution is 6.00. The Morgan fingerprint density at radius 3 is 2.91 bits per heavy atom. The molecule has 23 heavy (non-hydrogen) atoms. The number of nitrogens with zero attached hydrogens (tertiary/aromatic N) is 4. The van der Waals surface area contributed by atoms with Crippen LogP contribution in [0.1, 0.15) is 10.4 Å². The number of likely N-dealkylation sites (tertiary alicyclic amines) is 1. The van der Waals surface area contributed by atoms with Crippen LogP contribution in [0.3, 0.4) is 0 Å². The van der Waals surface area contributed by atoms with E-state index >= 15 is 0 Å². The van der Waals surface area contributed by atoms with Gasteiger partial charge in [-0.15, -0.1) is 0 Å². The largest absolute Gasteiger partial charge is 0.369 e. The highest BCUT2D eigenvalue weighted by atomic mass is 19.3. The molecule has 1 fully saturated rings. The smallest absolute Gasteiger partial charge is 0.261 e. The van der Waals surface area contributed by atoms with Crippen molar-refractivity contribution < 1.29 is 18.3 Å². The Hall–Kier alpha value is -2.35. The van der Waals surface area contributed by atoms with Gasteiger partial charge in [-0.3, -0.25) is 14.5 Å². The Labute approximate surface area is 131 Å². The van der Waals surface area contributed by atoms with Gasteiger partial charge in [-0.1, -0.05) is 0 Å². The molecule has 1 amide bonds. The van der Waals surface area contributed by atoms with E-state index in [4.69, 9.17) is 4.74 Å². The maximum atomic E-state index is 12.6. The summed E-state index contributed by atoms with van der Waals surface area (Å²) in [7, 11) is 1.79. The fourth-order valence-corrected chi connectivity index (χ4v) is 2.44. The van der Waals surface area contributed by atoms with Gasteiger partial charge in [0, 0.05) is 38.1 Å². The third-order valence-corrected chi connectivity index (χ3v) is 3.61. The molecule has 2 aromatic heterocycles. The summed E-state index contributed by atoms with van der Waals surface area (Å²) in [6.07, 6.45) is 2.22. The van der Waals surface area contributed by atoms with E-state index in [1.54, 1.807) is 47.4 Å².